The molecule has 0 aromatic heterocycles. The standard InChI is InChI=1S/C17H34N2/c1-14(2)15-6-4-7-16(10-9-15)19(3)17-8-5-12-18-13-11-17/h14-18H,4-13H2,1-3H3. The highest BCUT2D eigenvalue weighted by atomic mass is 15.2. The summed E-state index contributed by atoms with van der Waals surface area (Å²) < 4.78 is 0. The lowest BCUT2D eigenvalue weighted by molar-refractivity contribution is 0.144. The number of nitrogens with zero attached hydrogens (tertiary/aromatic N) is 1. The molecule has 0 bridgehead atoms. The lowest BCUT2D eigenvalue weighted by atomic mass is 9.89. The second kappa shape index (κ2) is 7.64. The molecule has 2 aliphatic rings. The van der Waals surface area contributed by atoms with Crippen molar-refractivity contribution in [3.63, 3.8) is 0 Å². The maximum Gasteiger partial charge on any atom is 0.0108 e. The van der Waals surface area contributed by atoms with Crippen molar-refractivity contribution in [2.45, 2.75) is 77.3 Å². The predicted octanol–water partition coefficient (Wildman–Crippen LogP) is 3.67. The number of hydrogen-bond acceptors (Lipinski definition) is 2. The van der Waals surface area contributed by atoms with Crippen molar-refractivity contribution < 1.29 is 0 Å². The molecule has 3 atom stereocenters. The largest absolute Gasteiger partial charge is 0.317 e. The summed E-state index contributed by atoms with van der Waals surface area (Å²) in [7, 11) is 2.40. The van der Waals surface area contributed by atoms with Gasteiger partial charge in [-0.1, -0.05) is 26.7 Å². The van der Waals surface area contributed by atoms with Gasteiger partial charge in [0, 0.05) is 12.1 Å². The van der Waals surface area contributed by atoms with Crippen LogP contribution >= 0.6 is 0 Å². The summed E-state index contributed by atoms with van der Waals surface area (Å²) in [6.45, 7) is 7.26. The first-order chi connectivity index (χ1) is 9.18. The molecular weight excluding hydrogens is 232 g/mol. The summed E-state index contributed by atoms with van der Waals surface area (Å²) in [5.74, 6) is 1.86. The molecule has 2 heteroatoms. The zero-order chi connectivity index (χ0) is 13.7. The fourth-order valence-corrected chi connectivity index (χ4v) is 4.09. The SMILES string of the molecule is CC(C)C1CCCC(N(C)C2CCCNCC2)CC1. The maximum absolute atomic E-state index is 3.54. The van der Waals surface area contributed by atoms with Crippen LogP contribution in [0.25, 0.3) is 0 Å². The van der Waals surface area contributed by atoms with Gasteiger partial charge in [-0.25, -0.2) is 0 Å². The molecule has 0 aromatic carbocycles. The van der Waals surface area contributed by atoms with Crippen molar-refractivity contribution in [3.05, 3.63) is 0 Å². The van der Waals surface area contributed by atoms with Gasteiger partial charge >= 0.3 is 0 Å². The molecule has 1 aliphatic carbocycles. The highest BCUT2D eigenvalue weighted by Gasteiger charge is 2.27. The zero-order valence-corrected chi connectivity index (χ0v) is 13.3. The molecular formula is C17H34N2. The molecule has 19 heavy (non-hydrogen) atoms. The first-order valence-electron chi connectivity index (χ1n) is 8.61. The third kappa shape index (κ3) is 4.46. The van der Waals surface area contributed by atoms with E-state index in [4.69, 9.17) is 0 Å². The minimum Gasteiger partial charge on any atom is -0.317 e. The molecule has 2 nitrogen and oxygen atoms in total. The molecule has 0 amide bonds. The second-order valence-corrected chi connectivity index (χ2v) is 7.17. The van der Waals surface area contributed by atoms with Crippen LogP contribution < -0.4 is 5.32 Å². The normalized spacial score (nSPS) is 34.3. The van der Waals surface area contributed by atoms with Crippen LogP contribution in [0.5, 0.6) is 0 Å². The Balaban J connectivity index is 1.86. The van der Waals surface area contributed by atoms with Crippen molar-refractivity contribution in [2.24, 2.45) is 11.8 Å². The van der Waals surface area contributed by atoms with Gasteiger partial charge in [0.2, 0.25) is 0 Å². The molecule has 1 heterocycles. The molecule has 0 spiro atoms. The van der Waals surface area contributed by atoms with E-state index in [0.29, 0.717) is 0 Å². The van der Waals surface area contributed by atoms with Crippen LogP contribution in [0.3, 0.4) is 0 Å². The first-order valence-corrected chi connectivity index (χ1v) is 8.61. The van der Waals surface area contributed by atoms with Gasteiger partial charge in [-0.2, -0.15) is 0 Å². The van der Waals surface area contributed by atoms with Gasteiger partial charge in [0.15, 0.2) is 0 Å². The molecule has 3 unspecified atom stereocenters. The van der Waals surface area contributed by atoms with Crippen LogP contribution in [0.15, 0.2) is 0 Å². The lowest BCUT2D eigenvalue weighted by Gasteiger charge is -2.34. The average Bonchev–Trinajstić information content (AvgIpc) is 2.80. The Bertz CT molecular complexity index is 244. The molecule has 0 radical (unpaired) electrons. The summed E-state index contributed by atoms with van der Waals surface area (Å²) in [6.07, 6.45) is 11.3. The smallest absolute Gasteiger partial charge is 0.0108 e. The van der Waals surface area contributed by atoms with Crippen LogP contribution in [-0.2, 0) is 0 Å². The lowest BCUT2D eigenvalue weighted by Crippen LogP contribution is -2.40. The number of hydrogen-bond donors (Lipinski definition) is 1. The van der Waals surface area contributed by atoms with Crippen molar-refractivity contribution in [2.75, 3.05) is 20.1 Å². The minimum atomic E-state index is 0.829. The summed E-state index contributed by atoms with van der Waals surface area (Å²) >= 11 is 0. The first kappa shape index (κ1) is 15.3. The maximum atomic E-state index is 3.54. The fourth-order valence-electron chi connectivity index (χ4n) is 4.09. The number of nitrogens with one attached hydrogen (secondary N) is 1. The Morgan fingerprint density at radius 3 is 2.37 bits per heavy atom. The van der Waals surface area contributed by atoms with E-state index in [2.05, 4.69) is 31.1 Å². The predicted molar refractivity (Wildman–Crippen MR) is 83.5 cm³/mol. The van der Waals surface area contributed by atoms with Crippen LogP contribution in [0.2, 0.25) is 0 Å². The summed E-state index contributed by atoms with van der Waals surface area (Å²) in [5, 5.41) is 3.54. The van der Waals surface area contributed by atoms with E-state index < -0.39 is 0 Å². The summed E-state index contributed by atoms with van der Waals surface area (Å²) in [6, 6.07) is 1.68. The van der Waals surface area contributed by atoms with E-state index in [9.17, 15) is 0 Å². The Labute approximate surface area is 120 Å². The van der Waals surface area contributed by atoms with E-state index in [0.717, 1.165) is 23.9 Å². The van der Waals surface area contributed by atoms with Crippen molar-refractivity contribution in [1.29, 1.82) is 0 Å². The van der Waals surface area contributed by atoms with Gasteiger partial charge in [0.1, 0.15) is 0 Å². The quantitative estimate of drug-likeness (QED) is 0.784. The molecule has 1 aliphatic heterocycles. The topological polar surface area (TPSA) is 15.3 Å². The van der Waals surface area contributed by atoms with Crippen molar-refractivity contribution in [1.82, 2.24) is 10.2 Å². The molecule has 1 N–H and O–H groups in total. The van der Waals surface area contributed by atoms with Crippen LogP contribution in [0, 0.1) is 11.8 Å². The van der Waals surface area contributed by atoms with E-state index in [1.807, 2.05) is 0 Å². The van der Waals surface area contributed by atoms with Crippen LogP contribution in [-0.4, -0.2) is 37.1 Å². The average molecular weight is 266 g/mol. The van der Waals surface area contributed by atoms with Gasteiger partial charge in [-0.3, -0.25) is 0 Å². The van der Waals surface area contributed by atoms with Gasteiger partial charge in [0.05, 0.1) is 0 Å². The zero-order valence-electron chi connectivity index (χ0n) is 13.3. The highest BCUT2D eigenvalue weighted by Crippen LogP contribution is 2.31. The third-order valence-electron chi connectivity index (χ3n) is 5.62. The Kier molecular flexibility index (Phi) is 6.15. The second-order valence-electron chi connectivity index (χ2n) is 7.17. The summed E-state index contributed by atoms with van der Waals surface area (Å²) in [4.78, 5) is 2.75. The minimum absolute atomic E-state index is 0.829. The Hall–Kier alpha value is -0.0800. The Morgan fingerprint density at radius 2 is 1.58 bits per heavy atom. The van der Waals surface area contributed by atoms with Gasteiger partial charge in [-0.05, 0) is 70.5 Å². The highest BCUT2D eigenvalue weighted by molar-refractivity contribution is 4.82. The van der Waals surface area contributed by atoms with E-state index in [1.165, 1.54) is 64.5 Å². The van der Waals surface area contributed by atoms with Crippen molar-refractivity contribution in [3.8, 4) is 0 Å². The van der Waals surface area contributed by atoms with E-state index in [1.54, 1.807) is 0 Å². The van der Waals surface area contributed by atoms with E-state index in [-0.39, 0.29) is 0 Å². The fraction of sp³-hybridized carbons (Fsp3) is 1.00. The monoisotopic (exact) mass is 266 g/mol. The van der Waals surface area contributed by atoms with Gasteiger partial charge in [-0.15, -0.1) is 0 Å². The van der Waals surface area contributed by atoms with Gasteiger partial charge < -0.3 is 10.2 Å². The van der Waals surface area contributed by atoms with Crippen LogP contribution in [0.4, 0.5) is 0 Å². The molecule has 1 saturated heterocycles. The third-order valence-corrected chi connectivity index (χ3v) is 5.62. The van der Waals surface area contributed by atoms with Gasteiger partial charge in [0.25, 0.3) is 0 Å². The molecule has 0 aromatic rings. The van der Waals surface area contributed by atoms with E-state index >= 15 is 0 Å². The van der Waals surface area contributed by atoms with Crippen molar-refractivity contribution >= 4 is 0 Å². The van der Waals surface area contributed by atoms with Crippen LogP contribution in [0.1, 0.15) is 65.2 Å². The molecule has 112 valence electrons. The molecule has 2 fully saturated rings. The molecule has 1 saturated carbocycles. The Morgan fingerprint density at radius 1 is 0.842 bits per heavy atom. The number of rotatable bonds is 3. The summed E-state index contributed by atoms with van der Waals surface area (Å²) in [5.41, 5.74) is 0. The molecule has 2 rings (SSSR count).